The second-order valence-electron chi connectivity index (χ2n) is 5.66. The van der Waals surface area contributed by atoms with Crippen LogP contribution in [0.25, 0.3) is 0 Å². The Morgan fingerprint density at radius 1 is 0.750 bits per heavy atom. The Morgan fingerprint density at radius 3 is 1.69 bits per heavy atom. The Labute approximate surface area is 104 Å². The van der Waals surface area contributed by atoms with Gasteiger partial charge in [0.1, 0.15) is 0 Å². The molecular formula is C16H34. The van der Waals surface area contributed by atoms with Crippen LogP contribution in [0.15, 0.2) is 0 Å². The molecule has 98 valence electrons. The van der Waals surface area contributed by atoms with Gasteiger partial charge in [0, 0.05) is 0 Å². The summed E-state index contributed by atoms with van der Waals surface area (Å²) in [5.74, 6) is 3.71. The van der Waals surface area contributed by atoms with Crippen LogP contribution < -0.4 is 0 Å². The molecule has 0 bridgehead atoms. The van der Waals surface area contributed by atoms with E-state index in [0.717, 1.165) is 23.7 Å². The van der Waals surface area contributed by atoms with Crippen LogP contribution in [0.3, 0.4) is 0 Å². The molecule has 3 atom stereocenters. The zero-order chi connectivity index (χ0) is 12.6. The highest BCUT2D eigenvalue weighted by molar-refractivity contribution is 4.77. The largest absolute Gasteiger partial charge is 0.0654 e. The van der Waals surface area contributed by atoms with Crippen LogP contribution in [-0.4, -0.2) is 0 Å². The van der Waals surface area contributed by atoms with Crippen LogP contribution in [0, 0.1) is 23.7 Å². The fourth-order valence-corrected chi connectivity index (χ4v) is 3.31. The van der Waals surface area contributed by atoms with Gasteiger partial charge < -0.3 is 0 Å². The van der Waals surface area contributed by atoms with Crippen molar-refractivity contribution in [1.82, 2.24) is 0 Å². The van der Waals surface area contributed by atoms with Gasteiger partial charge in [0.05, 0.1) is 0 Å². The van der Waals surface area contributed by atoms with E-state index in [1.165, 1.54) is 38.5 Å². The third-order valence-corrected chi connectivity index (χ3v) is 4.56. The lowest BCUT2D eigenvalue weighted by Gasteiger charge is -2.35. The van der Waals surface area contributed by atoms with Crippen LogP contribution in [0.1, 0.15) is 80.1 Å². The summed E-state index contributed by atoms with van der Waals surface area (Å²) in [6.07, 6.45) is 8.26. The van der Waals surface area contributed by atoms with Gasteiger partial charge >= 0.3 is 0 Å². The van der Waals surface area contributed by atoms with Crippen molar-refractivity contribution in [2.75, 3.05) is 0 Å². The van der Waals surface area contributed by atoms with Gasteiger partial charge in [0.15, 0.2) is 0 Å². The second kappa shape index (κ2) is 9.07. The fraction of sp³-hybridized carbons (Fsp3) is 1.00. The molecule has 0 aliphatic rings. The predicted octanol–water partition coefficient (Wildman–Crippen LogP) is 5.91. The van der Waals surface area contributed by atoms with Crippen molar-refractivity contribution in [3.05, 3.63) is 0 Å². The molecule has 0 radical (unpaired) electrons. The minimum atomic E-state index is 0.900. The van der Waals surface area contributed by atoms with E-state index in [4.69, 9.17) is 0 Å². The molecule has 0 rings (SSSR count). The summed E-state index contributed by atoms with van der Waals surface area (Å²) in [5.41, 5.74) is 0. The Bertz CT molecular complexity index is 146. The van der Waals surface area contributed by atoms with Gasteiger partial charge in [-0.05, 0) is 23.7 Å². The van der Waals surface area contributed by atoms with Crippen molar-refractivity contribution in [1.29, 1.82) is 0 Å². The van der Waals surface area contributed by atoms with Gasteiger partial charge in [-0.15, -0.1) is 0 Å². The Balaban J connectivity index is 4.50. The van der Waals surface area contributed by atoms with Crippen molar-refractivity contribution in [3.63, 3.8) is 0 Å². The molecule has 0 spiro atoms. The van der Waals surface area contributed by atoms with E-state index < -0.39 is 0 Å². The number of rotatable bonds is 9. The average molecular weight is 226 g/mol. The van der Waals surface area contributed by atoms with Gasteiger partial charge in [-0.3, -0.25) is 0 Å². The van der Waals surface area contributed by atoms with E-state index in [-0.39, 0.29) is 0 Å². The molecule has 0 heteroatoms. The van der Waals surface area contributed by atoms with Gasteiger partial charge in [-0.2, -0.15) is 0 Å². The molecule has 0 saturated carbocycles. The van der Waals surface area contributed by atoms with Gasteiger partial charge in [0.2, 0.25) is 0 Å². The van der Waals surface area contributed by atoms with Crippen LogP contribution in [-0.2, 0) is 0 Å². The Hall–Kier alpha value is 0. The molecule has 0 aromatic rings. The summed E-state index contributed by atoms with van der Waals surface area (Å²) in [6, 6.07) is 0. The minimum absolute atomic E-state index is 0.900. The molecule has 0 saturated heterocycles. The monoisotopic (exact) mass is 226 g/mol. The van der Waals surface area contributed by atoms with E-state index >= 15 is 0 Å². The zero-order valence-corrected chi connectivity index (χ0v) is 12.6. The zero-order valence-electron chi connectivity index (χ0n) is 12.6. The van der Waals surface area contributed by atoms with Crippen molar-refractivity contribution < 1.29 is 0 Å². The first-order valence-corrected chi connectivity index (χ1v) is 7.62. The van der Waals surface area contributed by atoms with Crippen molar-refractivity contribution in [2.45, 2.75) is 80.1 Å². The summed E-state index contributed by atoms with van der Waals surface area (Å²) in [5, 5.41) is 0. The van der Waals surface area contributed by atoms with E-state index in [9.17, 15) is 0 Å². The first-order valence-electron chi connectivity index (χ1n) is 7.62. The maximum Gasteiger partial charge on any atom is -0.0335 e. The molecule has 0 aromatic heterocycles. The lowest BCUT2D eigenvalue weighted by atomic mass is 9.70. The van der Waals surface area contributed by atoms with E-state index in [1.54, 1.807) is 0 Å². The Kier molecular flexibility index (Phi) is 9.07. The quantitative estimate of drug-likeness (QED) is 0.458. The van der Waals surface area contributed by atoms with Crippen LogP contribution in [0.4, 0.5) is 0 Å². The average Bonchev–Trinajstić information content (AvgIpc) is 2.31. The maximum atomic E-state index is 2.49. The Morgan fingerprint density at radius 2 is 1.31 bits per heavy atom. The summed E-state index contributed by atoms with van der Waals surface area (Å²) in [6.45, 7) is 14.4. The van der Waals surface area contributed by atoms with E-state index in [2.05, 4.69) is 41.5 Å². The van der Waals surface area contributed by atoms with Crippen molar-refractivity contribution in [2.24, 2.45) is 23.7 Å². The smallest absolute Gasteiger partial charge is 0.0335 e. The van der Waals surface area contributed by atoms with Crippen molar-refractivity contribution in [3.8, 4) is 0 Å². The lowest BCUT2D eigenvalue weighted by molar-refractivity contribution is 0.143. The normalized spacial score (nSPS) is 17.4. The van der Waals surface area contributed by atoms with Crippen LogP contribution >= 0.6 is 0 Å². The second-order valence-corrected chi connectivity index (χ2v) is 5.66. The van der Waals surface area contributed by atoms with Crippen molar-refractivity contribution >= 4 is 0 Å². The number of hydrogen-bond donors (Lipinski definition) is 0. The molecular weight excluding hydrogens is 192 g/mol. The molecule has 0 nitrogen and oxygen atoms in total. The van der Waals surface area contributed by atoms with Gasteiger partial charge in [-0.25, -0.2) is 0 Å². The molecule has 0 aromatic carbocycles. The van der Waals surface area contributed by atoms with Crippen LogP contribution in [0.5, 0.6) is 0 Å². The summed E-state index contributed by atoms with van der Waals surface area (Å²) < 4.78 is 0. The minimum Gasteiger partial charge on any atom is -0.0654 e. The molecule has 0 heterocycles. The summed E-state index contributed by atoms with van der Waals surface area (Å²) in [4.78, 5) is 0. The summed E-state index contributed by atoms with van der Waals surface area (Å²) in [7, 11) is 0. The highest BCUT2D eigenvalue weighted by Gasteiger charge is 2.28. The SMILES string of the molecule is CCCCC(C)C(C(C)CC)C(CC)CC. The third kappa shape index (κ3) is 4.89. The number of unbranched alkanes of at least 4 members (excludes halogenated alkanes) is 1. The molecule has 0 aliphatic carbocycles. The maximum absolute atomic E-state index is 2.49. The highest BCUT2D eigenvalue weighted by Crippen LogP contribution is 2.36. The highest BCUT2D eigenvalue weighted by atomic mass is 14.3. The molecule has 0 amide bonds. The van der Waals surface area contributed by atoms with E-state index in [1.807, 2.05) is 0 Å². The van der Waals surface area contributed by atoms with Gasteiger partial charge in [0.25, 0.3) is 0 Å². The summed E-state index contributed by atoms with van der Waals surface area (Å²) >= 11 is 0. The first kappa shape index (κ1) is 16.0. The molecule has 0 N–H and O–H groups in total. The predicted molar refractivity (Wildman–Crippen MR) is 75.7 cm³/mol. The molecule has 0 aliphatic heterocycles. The molecule has 0 fully saturated rings. The lowest BCUT2D eigenvalue weighted by Crippen LogP contribution is -2.27. The standard InChI is InChI=1S/C16H34/c1-7-11-12-14(6)16(13(5)8-2)15(9-3)10-4/h13-16H,7-12H2,1-6H3. The van der Waals surface area contributed by atoms with E-state index in [0.29, 0.717) is 0 Å². The third-order valence-electron chi connectivity index (χ3n) is 4.56. The van der Waals surface area contributed by atoms with Crippen LogP contribution in [0.2, 0.25) is 0 Å². The first-order chi connectivity index (χ1) is 7.62. The van der Waals surface area contributed by atoms with Gasteiger partial charge in [-0.1, -0.05) is 80.1 Å². The fourth-order valence-electron chi connectivity index (χ4n) is 3.31. The molecule has 3 unspecified atom stereocenters. The number of hydrogen-bond acceptors (Lipinski definition) is 0. The molecule has 16 heavy (non-hydrogen) atoms. The topological polar surface area (TPSA) is 0 Å².